The third-order valence-electron chi connectivity index (χ3n) is 4.78. The molecule has 20 heavy (non-hydrogen) atoms. The first-order chi connectivity index (χ1) is 9.49. The van der Waals surface area contributed by atoms with Crippen LogP contribution >= 0.6 is 0 Å². The molecule has 0 aliphatic carbocycles. The van der Waals surface area contributed by atoms with E-state index in [1.165, 1.54) is 0 Å². The summed E-state index contributed by atoms with van der Waals surface area (Å²) in [6, 6.07) is 1.92. The van der Waals surface area contributed by atoms with Gasteiger partial charge in [-0.3, -0.25) is 9.69 Å². The van der Waals surface area contributed by atoms with Crippen molar-refractivity contribution < 1.29 is 9.90 Å². The van der Waals surface area contributed by atoms with E-state index in [9.17, 15) is 9.90 Å². The summed E-state index contributed by atoms with van der Waals surface area (Å²) in [6.07, 6.45) is 3.25. The summed E-state index contributed by atoms with van der Waals surface area (Å²) >= 11 is 0. The molecule has 1 saturated heterocycles. The number of likely N-dealkylation sites (N-methyl/N-ethyl adjacent to an activating group) is 1. The third kappa shape index (κ3) is 3.94. The van der Waals surface area contributed by atoms with E-state index in [1.54, 1.807) is 11.9 Å². The van der Waals surface area contributed by atoms with Gasteiger partial charge in [0.2, 0.25) is 5.91 Å². The number of hydrogen-bond donors (Lipinski definition) is 1. The minimum atomic E-state index is -0.146. The van der Waals surface area contributed by atoms with E-state index in [1.807, 2.05) is 6.92 Å². The Balaban J connectivity index is 2.52. The molecule has 0 aromatic rings. The van der Waals surface area contributed by atoms with Crippen LogP contribution in [-0.4, -0.2) is 60.1 Å². The van der Waals surface area contributed by atoms with Gasteiger partial charge in [-0.25, -0.2) is 0 Å². The lowest BCUT2D eigenvalue weighted by Gasteiger charge is -2.42. The van der Waals surface area contributed by atoms with Crippen molar-refractivity contribution in [3.05, 3.63) is 0 Å². The normalized spacial score (nSPS) is 20.1. The minimum absolute atomic E-state index is 0.0476. The standard InChI is InChI=1S/C15H27N3O2/c1-4-15(12-19)6-10-18(11-7-15)13(2)14(20)17(3)9-5-8-16/h13,19H,4-7,9-12H2,1-3H3. The lowest BCUT2D eigenvalue weighted by atomic mass is 9.76. The number of carbonyl (C=O) groups is 1. The molecular weight excluding hydrogens is 254 g/mol. The van der Waals surface area contributed by atoms with Crippen LogP contribution in [0.25, 0.3) is 0 Å². The van der Waals surface area contributed by atoms with E-state index >= 15 is 0 Å². The lowest BCUT2D eigenvalue weighted by molar-refractivity contribution is -0.136. The number of rotatable bonds is 6. The number of nitriles is 1. The summed E-state index contributed by atoms with van der Waals surface area (Å²) in [4.78, 5) is 16.1. The van der Waals surface area contributed by atoms with Gasteiger partial charge in [0, 0.05) is 20.2 Å². The predicted octanol–water partition coefficient (Wildman–Crippen LogP) is 1.23. The first-order valence-electron chi connectivity index (χ1n) is 7.46. The molecule has 114 valence electrons. The van der Waals surface area contributed by atoms with Gasteiger partial charge in [-0.2, -0.15) is 5.26 Å². The molecule has 1 rings (SSSR count). The second-order valence-electron chi connectivity index (χ2n) is 5.89. The molecule has 1 aliphatic heterocycles. The Morgan fingerprint density at radius 2 is 2.10 bits per heavy atom. The number of piperidine rings is 1. The van der Waals surface area contributed by atoms with Crippen LogP contribution in [0.5, 0.6) is 0 Å². The number of hydrogen-bond acceptors (Lipinski definition) is 4. The Morgan fingerprint density at radius 1 is 1.50 bits per heavy atom. The van der Waals surface area contributed by atoms with E-state index < -0.39 is 0 Å². The van der Waals surface area contributed by atoms with Gasteiger partial charge in [0.1, 0.15) is 0 Å². The van der Waals surface area contributed by atoms with Crippen molar-refractivity contribution in [2.45, 2.75) is 45.6 Å². The van der Waals surface area contributed by atoms with Crippen molar-refractivity contribution in [1.29, 1.82) is 5.26 Å². The van der Waals surface area contributed by atoms with Crippen molar-refractivity contribution in [3.8, 4) is 6.07 Å². The summed E-state index contributed by atoms with van der Waals surface area (Å²) in [5.41, 5.74) is 0.0476. The van der Waals surface area contributed by atoms with Gasteiger partial charge in [-0.1, -0.05) is 6.92 Å². The van der Waals surface area contributed by atoms with Crippen LogP contribution in [0.2, 0.25) is 0 Å². The van der Waals surface area contributed by atoms with Crippen LogP contribution in [0.1, 0.15) is 39.5 Å². The average Bonchev–Trinajstić information content (AvgIpc) is 2.51. The highest BCUT2D eigenvalue weighted by Gasteiger charge is 2.35. The monoisotopic (exact) mass is 281 g/mol. The van der Waals surface area contributed by atoms with Gasteiger partial charge in [0.05, 0.1) is 18.5 Å². The van der Waals surface area contributed by atoms with Gasteiger partial charge in [0.25, 0.3) is 0 Å². The number of aliphatic hydroxyl groups is 1. The van der Waals surface area contributed by atoms with E-state index in [0.29, 0.717) is 13.0 Å². The van der Waals surface area contributed by atoms with Crippen LogP contribution in [0.15, 0.2) is 0 Å². The van der Waals surface area contributed by atoms with Crippen molar-refractivity contribution in [3.63, 3.8) is 0 Å². The van der Waals surface area contributed by atoms with Crippen LogP contribution < -0.4 is 0 Å². The van der Waals surface area contributed by atoms with Gasteiger partial charge in [0.15, 0.2) is 0 Å². The van der Waals surface area contributed by atoms with Crippen LogP contribution in [-0.2, 0) is 4.79 Å². The summed E-state index contributed by atoms with van der Waals surface area (Å²) in [7, 11) is 1.75. The Kier molecular flexibility index (Phi) is 6.44. The maximum atomic E-state index is 12.3. The molecule has 1 heterocycles. The SMILES string of the molecule is CCC1(CO)CCN(C(C)C(=O)N(C)CCC#N)CC1. The zero-order chi connectivity index (χ0) is 15.2. The maximum absolute atomic E-state index is 12.3. The van der Waals surface area contributed by atoms with E-state index in [2.05, 4.69) is 17.9 Å². The molecule has 1 aliphatic rings. The predicted molar refractivity (Wildman–Crippen MR) is 77.9 cm³/mol. The molecule has 0 saturated carbocycles. The molecule has 1 amide bonds. The van der Waals surface area contributed by atoms with Crippen LogP contribution in [0.3, 0.4) is 0 Å². The van der Waals surface area contributed by atoms with Crippen LogP contribution in [0, 0.1) is 16.7 Å². The first-order valence-corrected chi connectivity index (χ1v) is 7.46. The Labute approximate surface area is 122 Å². The Bertz CT molecular complexity index is 351. The van der Waals surface area contributed by atoms with Gasteiger partial charge in [-0.15, -0.1) is 0 Å². The summed E-state index contributed by atoms with van der Waals surface area (Å²) < 4.78 is 0. The smallest absolute Gasteiger partial charge is 0.239 e. The molecule has 0 spiro atoms. The van der Waals surface area contributed by atoms with Gasteiger partial charge in [-0.05, 0) is 44.7 Å². The quantitative estimate of drug-likeness (QED) is 0.795. The highest BCUT2D eigenvalue weighted by molar-refractivity contribution is 5.81. The van der Waals surface area contributed by atoms with Crippen molar-refractivity contribution in [1.82, 2.24) is 9.80 Å². The lowest BCUT2D eigenvalue weighted by Crippen LogP contribution is -2.51. The van der Waals surface area contributed by atoms with Crippen molar-refractivity contribution in [2.75, 3.05) is 33.3 Å². The summed E-state index contributed by atoms with van der Waals surface area (Å²) in [5.74, 6) is 0.0771. The number of aliphatic hydroxyl groups excluding tert-OH is 1. The molecule has 1 unspecified atom stereocenters. The molecule has 5 nitrogen and oxygen atoms in total. The number of amides is 1. The fourth-order valence-corrected chi connectivity index (χ4v) is 2.81. The van der Waals surface area contributed by atoms with E-state index in [0.717, 1.165) is 32.4 Å². The minimum Gasteiger partial charge on any atom is -0.396 e. The van der Waals surface area contributed by atoms with Gasteiger partial charge < -0.3 is 10.0 Å². The fraction of sp³-hybridized carbons (Fsp3) is 0.867. The fourth-order valence-electron chi connectivity index (χ4n) is 2.81. The van der Waals surface area contributed by atoms with E-state index in [4.69, 9.17) is 5.26 Å². The molecule has 0 bridgehead atoms. The van der Waals surface area contributed by atoms with Crippen molar-refractivity contribution >= 4 is 5.91 Å². The number of likely N-dealkylation sites (tertiary alicyclic amines) is 1. The average molecular weight is 281 g/mol. The molecular formula is C15H27N3O2. The zero-order valence-corrected chi connectivity index (χ0v) is 12.9. The Hall–Kier alpha value is -1.12. The largest absolute Gasteiger partial charge is 0.396 e. The number of carbonyl (C=O) groups excluding carboxylic acids is 1. The Morgan fingerprint density at radius 3 is 2.55 bits per heavy atom. The molecule has 0 aromatic carbocycles. The van der Waals surface area contributed by atoms with E-state index in [-0.39, 0.29) is 24.0 Å². The summed E-state index contributed by atoms with van der Waals surface area (Å²) in [6.45, 7) is 6.49. The zero-order valence-electron chi connectivity index (χ0n) is 12.9. The molecule has 1 atom stereocenters. The first kappa shape index (κ1) is 16.9. The summed E-state index contributed by atoms with van der Waals surface area (Å²) in [5, 5.41) is 18.1. The van der Waals surface area contributed by atoms with Crippen molar-refractivity contribution in [2.24, 2.45) is 5.41 Å². The highest BCUT2D eigenvalue weighted by Crippen LogP contribution is 2.34. The van der Waals surface area contributed by atoms with Crippen LogP contribution in [0.4, 0.5) is 0 Å². The number of nitrogens with zero attached hydrogens (tertiary/aromatic N) is 3. The molecule has 0 radical (unpaired) electrons. The molecule has 1 fully saturated rings. The second-order valence-corrected chi connectivity index (χ2v) is 5.89. The molecule has 5 heteroatoms. The maximum Gasteiger partial charge on any atom is 0.239 e. The molecule has 0 aromatic heterocycles. The topological polar surface area (TPSA) is 67.6 Å². The molecule has 1 N–H and O–H groups in total. The second kappa shape index (κ2) is 7.61. The van der Waals surface area contributed by atoms with Gasteiger partial charge >= 0.3 is 0 Å². The highest BCUT2D eigenvalue weighted by atomic mass is 16.3. The third-order valence-corrected chi connectivity index (χ3v) is 4.78.